The Hall–Kier alpha value is -1.79. The number of nitrogens with zero attached hydrogens (tertiary/aromatic N) is 2. The molecule has 0 aromatic carbocycles. The zero-order valence-electron chi connectivity index (χ0n) is 17.7. The Kier molecular flexibility index (Phi) is 4.50. The van der Waals surface area contributed by atoms with Crippen molar-refractivity contribution in [3.05, 3.63) is 35.8 Å². The third kappa shape index (κ3) is 3.19. The van der Waals surface area contributed by atoms with E-state index in [1.54, 1.807) is 0 Å². The molecule has 0 aromatic rings. The van der Waals surface area contributed by atoms with Crippen LogP contribution in [0.15, 0.2) is 35.8 Å². The minimum Gasteiger partial charge on any atom is -0.396 e. The average Bonchev–Trinajstić information content (AvgIpc) is 3.32. The maximum Gasteiger partial charge on any atom is 0.264 e. The molecule has 1 unspecified atom stereocenters. The number of rotatable bonds is 5. The van der Waals surface area contributed by atoms with Gasteiger partial charge >= 0.3 is 0 Å². The molecule has 1 saturated heterocycles. The number of fused-ring (bicyclic) bond motifs is 1. The van der Waals surface area contributed by atoms with Crippen LogP contribution in [0.4, 0.5) is 0 Å². The minimum atomic E-state index is -0.361. The van der Waals surface area contributed by atoms with Gasteiger partial charge in [0.2, 0.25) is 0 Å². The molecule has 2 atom stereocenters. The van der Waals surface area contributed by atoms with Crippen molar-refractivity contribution in [1.29, 1.82) is 0 Å². The topological polar surface area (TPSA) is 67.8 Å². The molecular weight excluding hydrogens is 376 g/mol. The minimum absolute atomic E-state index is 0.0368. The van der Waals surface area contributed by atoms with Crippen LogP contribution >= 0.6 is 0 Å². The summed E-state index contributed by atoms with van der Waals surface area (Å²) in [5, 5.41) is 16.6. The van der Waals surface area contributed by atoms with Crippen molar-refractivity contribution in [3.63, 3.8) is 0 Å². The van der Waals surface area contributed by atoms with Crippen LogP contribution in [0.5, 0.6) is 0 Å². The van der Waals surface area contributed by atoms with Gasteiger partial charge in [0, 0.05) is 31.4 Å². The monoisotopic (exact) mass is 410 g/mol. The van der Waals surface area contributed by atoms with Crippen molar-refractivity contribution >= 4 is 5.91 Å². The lowest BCUT2D eigenvalue weighted by Gasteiger charge is -2.57. The number of amides is 1. The summed E-state index contributed by atoms with van der Waals surface area (Å²) >= 11 is 0. The lowest BCUT2D eigenvalue weighted by molar-refractivity contribution is -0.131. The lowest BCUT2D eigenvalue weighted by atomic mass is 9.53. The van der Waals surface area contributed by atoms with Crippen LogP contribution in [0.2, 0.25) is 0 Å². The van der Waals surface area contributed by atoms with Gasteiger partial charge in [0.1, 0.15) is 0 Å². The largest absolute Gasteiger partial charge is 0.396 e. The van der Waals surface area contributed by atoms with E-state index < -0.39 is 0 Å². The van der Waals surface area contributed by atoms with Crippen LogP contribution in [-0.2, 0) is 4.79 Å². The molecule has 0 aromatic heterocycles. The van der Waals surface area contributed by atoms with E-state index in [2.05, 4.69) is 26.5 Å². The molecule has 4 aliphatic carbocycles. The molecule has 4 saturated carbocycles. The first-order valence-corrected chi connectivity index (χ1v) is 11.9. The highest BCUT2D eigenvalue weighted by Crippen LogP contribution is 2.55. The van der Waals surface area contributed by atoms with Gasteiger partial charge in [0.15, 0.2) is 6.17 Å². The third-order valence-corrected chi connectivity index (χ3v) is 8.47. The van der Waals surface area contributed by atoms with Crippen molar-refractivity contribution in [2.45, 2.75) is 56.7 Å². The number of carbonyl (C=O) groups excluding carboxylic acids is 1. The van der Waals surface area contributed by atoms with E-state index in [9.17, 15) is 9.90 Å². The van der Waals surface area contributed by atoms with Crippen LogP contribution in [0.3, 0.4) is 0 Å². The first-order valence-electron chi connectivity index (χ1n) is 11.9. The predicted molar refractivity (Wildman–Crippen MR) is 115 cm³/mol. The number of aliphatic hydroxyl groups excluding tert-OH is 1. The second kappa shape index (κ2) is 7.13. The number of likely N-dealkylation sites (tertiary alicyclic amines) is 1. The second-order valence-corrected chi connectivity index (χ2v) is 10.8. The molecule has 162 valence electrons. The van der Waals surface area contributed by atoms with Crippen LogP contribution in [0.25, 0.3) is 0 Å². The molecule has 3 heterocycles. The Bertz CT molecular complexity index is 781. The average molecular weight is 411 g/mol. The van der Waals surface area contributed by atoms with Gasteiger partial charge in [-0.1, -0.05) is 6.08 Å². The summed E-state index contributed by atoms with van der Waals surface area (Å²) in [5.74, 6) is 2.98. The number of hydrogen-bond donors (Lipinski definition) is 3. The predicted octanol–water partition coefficient (Wildman–Crippen LogP) is 1.91. The standard InChI is InChI=1S/C24H34N4O2/c29-15-16-4-6-27(13-16)14-20-21-3-1-2-5-28(21)22(25-20)23(30)26-24-10-17-7-18(11-24)9-19(8-17)12-24/h1-3,5,16-19,22,25,29H,4,6-15H2,(H,26,30)/t16-,17?,18?,19?,22?,24?/m0/s1. The van der Waals surface area contributed by atoms with Gasteiger partial charge < -0.3 is 20.6 Å². The van der Waals surface area contributed by atoms with Crippen LogP contribution < -0.4 is 10.6 Å². The smallest absolute Gasteiger partial charge is 0.264 e. The summed E-state index contributed by atoms with van der Waals surface area (Å²) in [6, 6.07) is 0. The zero-order chi connectivity index (χ0) is 20.3. The Morgan fingerprint density at radius 2 is 1.90 bits per heavy atom. The van der Waals surface area contributed by atoms with Crippen molar-refractivity contribution in [2.75, 3.05) is 26.2 Å². The highest BCUT2D eigenvalue weighted by Gasteiger charge is 2.52. The molecule has 7 aliphatic rings. The number of allylic oxidation sites excluding steroid dienone is 3. The molecule has 30 heavy (non-hydrogen) atoms. The second-order valence-electron chi connectivity index (χ2n) is 10.8. The van der Waals surface area contributed by atoms with Gasteiger partial charge in [0.25, 0.3) is 5.91 Å². The highest BCUT2D eigenvalue weighted by atomic mass is 16.3. The van der Waals surface area contributed by atoms with Gasteiger partial charge in [-0.15, -0.1) is 0 Å². The van der Waals surface area contributed by atoms with E-state index >= 15 is 0 Å². The van der Waals surface area contributed by atoms with E-state index in [0.717, 1.165) is 55.2 Å². The van der Waals surface area contributed by atoms with Crippen molar-refractivity contribution in [3.8, 4) is 0 Å². The van der Waals surface area contributed by atoms with Gasteiger partial charge in [-0.25, -0.2) is 0 Å². The first-order chi connectivity index (χ1) is 14.6. The third-order valence-electron chi connectivity index (χ3n) is 8.47. The summed E-state index contributed by atoms with van der Waals surface area (Å²) in [5.41, 5.74) is 2.27. The Labute approximate surface area is 179 Å². The van der Waals surface area contributed by atoms with Crippen LogP contribution in [-0.4, -0.2) is 58.8 Å². The summed E-state index contributed by atoms with van der Waals surface area (Å²) < 4.78 is 0. The summed E-state index contributed by atoms with van der Waals surface area (Å²) in [6.45, 7) is 3.01. The van der Waals surface area contributed by atoms with E-state index in [1.165, 1.54) is 38.5 Å². The van der Waals surface area contributed by atoms with Gasteiger partial charge in [-0.3, -0.25) is 9.69 Å². The van der Waals surface area contributed by atoms with Gasteiger partial charge in [-0.05, 0) is 87.3 Å². The lowest BCUT2D eigenvalue weighted by Crippen LogP contribution is -2.63. The molecule has 6 heteroatoms. The highest BCUT2D eigenvalue weighted by molar-refractivity contribution is 5.84. The van der Waals surface area contributed by atoms with E-state index in [-0.39, 0.29) is 24.2 Å². The van der Waals surface area contributed by atoms with Crippen molar-refractivity contribution in [2.24, 2.45) is 23.7 Å². The molecular formula is C24H34N4O2. The fourth-order valence-electron chi connectivity index (χ4n) is 7.59. The summed E-state index contributed by atoms with van der Waals surface area (Å²) in [7, 11) is 0. The van der Waals surface area contributed by atoms with Gasteiger partial charge in [0.05, 0.1) is 11.4 Å². The molecule has 0 spiro atoms. The number of carbonyl (C=O) groups is 1. The first kappa shape index (κ1) is 18.9. The molecule has 6 nitrogen and oxygen atoms in total. The van der Waals surface area contributed by atoms with E-state index in [0.29, 0.717) is 5.92 Å². The van der Waals surface area contributed by atoms with E-state index in [1.807, 2.05) is 18.4 Å². The summed E-state index contributed by atoms with van der Waals surface area (Å²) in [4.78, 5) is 18.0. The van der Waals surface area contributed by atoms with Gasteiger partial charge in [-0.2, -0.15) is 0 Å². The van der Waals surface area contributed by atoms with Crippen molar-refractivity contribution < 1.29 is 9.90 Å². The molecule has 4 bridgehead atoms. The molecule has 1 amide bonds. The fourth-order valence-corrected chi connectivity index (χ4v) is 7.59. The fraction of sp³-hybridized carbons (Fsp3) is 0.708. The maximum absolute atomic E-state index is 13.5. The Balaban J connectivity index is 1.17. The molecule has 3 aliphatic heterocycles. The molecule has 7 rings (SSSR count). The normalized spacial score (nSPS) is 41.5. The number of aliphatic hydroxyl groups is 1. The molecule has 0 radical (unpaired) electrons. The maximum atomic E-state index is 13.5. The summed E-state index contributed by atoms with van der Waals surface area (Å²) in [6.07, 6.45) is 16.6. The van der Waals surface area contributed by atoms with E-state index in [4.69, 9.17) is 0 Å². The Morgan fingerprint density at radius 1 is 1.17 bits per heavy atom. The van der Waals surface area contributed by atoms with Crippen molar-refractivity contribution in [1.82, 2.24) is 20.4 Å². The molecule has 5 fully saturated rings. The van der Waals surface area contributed by atoms with Crippen LogP contribution in [0.1, 0.15) is 44.9 Å². The molecule has 3 N–H and O–H groups in total. The zero-order valence-corrected chi connectivity index (χ0v) is 17.7. The number of nitrogens with one attached hydrogen (secondary N) is 2. The van der Waals surface area contributed by atoms with Crippen LogP contribution in [0, 0.1) is 23.7 Å². The Morgan fingerprint density at radius 3 is 2.57 bits per heavy atom. The number of hydrogen-bond acceptors (Lipinski definition) is 5. The SMILES string of the molecule is O=C(NC12CC3CC(CC(C3)C1)C2)C1NC(CN2CC[C@H](CO)C2)=C2C=CC=CN21. The quantitative estimate of drug-likeness (QED) is 0.646.